The molecule has 2 aliphatic carbocycles. The molecule has 6 heterocycles. The number of ether oxygens (including phenoxy) is 4. The molecule has 4 saturated heterocycles. The number of carboxylic acids is 2. The van der Waals surface area contributed by atoms with E-state index in [-0.39, 0.29) is 154 Å². The molecule has 0 unspecified atom stereocenters. The monoisotopic (exact) mass is 908 g/mol. The fourth-order valence-electron chi connectivity index (χ4n) is 10.7. The maximum Gasteiger partial charge on any atom is 1.00 e. The van der Waals surface area contributed by atoms with Crippen LogP contribution >= 0.6 is 0 Å². The van der Waals surface area contributed by atoms with Gasteiger partial charge in [-0.3, -0.25) is 9.59 Å². The largest absolute Gasteiger partial charge is 1.00 e. The molecule has 336 valence electrons. The van der Waals surface area contributed by atoms with Gasteiger partial charge in [-0.2, -0.15) is 0 Å². The van der Waals surface area contributed by atoms with E-state index in [0.717, 1.165) is 37.3 Å². The van der Waals surface area contributed by atoms with Crippen molar-refractivity contribution in [1.29, 1.82) is 0 Å². The number of amides is 2. The molecule has 10 rings (SSSR count). The average Bonchev–Trinajstić information content (AvgIpc) is 4.09. The molecule has 2 amide bonds. The first-order valence-corrected chi connectivity index (χ1v) is 22.0. The maximum absolute atomic E-state index is 12.5. The van der Waals surface area contributed by atoms with Crippen molar-refractivity contribution in [3.05, 3.63) is 57.6 Å². The van der Waals surface area contributed by atoms with Gasteiger partial charge < -0.3 is 68.9 Å². The molecule has 2 aromatic rings. The smallest absolute Gasteiger partial charge is 0.583 e. The first kappa shape index (κ1) is 49.6. The molecule has 8 aliphatic rings. The Labute approximate surface area is 416 Å². The number of fused-ring (bicyclic) bond motifs is 6. The van der Waals surface area contributed by atoms with Crippen molar-refractivity contribution in [3.8, 4) is 11.5 Å². The molecule has 18 nitrogen and oxygen atoms in total. The van der Waals surface area contributed by atoms with Gasteiger partial charge in [-0.05, 0) is 49.2 Å². The third kappa shape index (κ3) is 10.3. The summed E-state index contributed by atoms with van der Waals surface area (Å²) in [5, 5.41) is 61.0. The molecule has 0 spiro atoms. The second-order valence-electron chi connectivity index (χ2n) is 19.1. The third-order valence-electron chi connectivity index (χ3n) is 14.4. The van der Waals surface area contributed by atoms with E-state index in [1.54, 1.807) is 21.9 Å². The van der Waals surface area contributed by atoms with Crippen molar-refractivity contribution in [3.63, 3.8) is 0 Å². The average molecular weight is 909 g/mol. The van der Waals surface area contributed by atoms with E-state index in [2.05, 4.69) is 9.80 Å². The minimum atomic E-state index is -2.58. The summed E-state index contributed by atoms with van der Waals surface area (Å²) in [6.07, 6.45) is 1.13. The second-order valence-corrected chi connectivity index (χ2v) is 19.1. The zero-order valence-electron chi connectivity index (χ0n) is 37.1. The van der Waals surface area contributed by atoms with Crippen LogP contribution in [-0.2, 0) is 31.7 Å². The zero-order chi connectivity index (χ0) is 43.8. The van der Waals surface area contributed by atoms with Crippen LogP contribution in [0.1, 0.15) is 80.5 Å². The van der Waals surface area contributed by atoms with Crippen LogP contribution in [0.2, 0.25) is 11.6 Å². The van der Waals surface area contributed by atoms with Gasteiger partial charge >= 0.3 is 71.1 Å². The summed E-state index contributed by atoms with van der Waals surface area (Å²) in [5.74, 6) is -2.09. The van der Waals surface area contributed by atoms with Gasteiger partial charge in [-0.25, -0.2) is 9.59 Å². The molecule has 22 heteroatoms. The maximum atomic E-state index is 12.5. The first-order valence-electron chi connectivity index (χ1n) is 22.0. The minimum absolute atomic E-state index is 0. The predicted molar refractivity (Wildman–Crippen MR) is 223 cm³/mol. The number of aromatic carboxylic acids is 2. The summed E-state index contributed by atoms with van der Waals surface area (Å²) in [6, 6.07) is 7.04. The Morgan fingerprint density at radius 3 is 1.34 bits per heavy atom. The Hall–Kier alpha value is -2.27. The van der Waals surface area contributed by atoms with Gasteiger partial charge in [-0.1, -0.05) is 48.7 Å². The molecule has 6 N–H and O–H groups in total. The van der Waals surface area contributed by atoms with Gasteiger partial charge in [-0.15, -0.1) is 11.6 Å². The molecule has 64 heavy (non-hydrogen) atoms. The van der Waals surface area contributed by atoms with E-state index < -0.39 is 25.0 Å². The number of hydrogen-bond acceptors (Lipinski definition) is 14. The number of rotatable bonds is 10. The van der Waals surface area contributed by atoms with Crippen molar-refractivity contribution in [2.24, 2.45) is 0 Å². The van der Waals surface area contributed by atoms with E-state index >= 15 is 0 Å². The van der Waals surface area contributed by atoms with Crippen LogP contribution in [-0.4, -0.2) is 191 Å². The molecule has 6 aliphatic heterocycles. The number of carbonyl (C=O) groups excluding carboxylic acids is 2. The fraction of sp³-hybridized carbons (Fsp3) is 0.619. The van der Waals surface area contributed by atoms with Crippen molar-refractivity contribution in [2.75, 3.05) is 79.7 Å². The van der Waals surface area contributed by atoms with Crippen LogP contribution in [0.3, 0.4) is 0 Å². The first-order chi connectivity index (χ1) is 29.5. The number of likely N-dealkylation sites (tertiary alicyclic amines) is 2. The predicted octanol–water partition coefficient (Wildman–Crippen LogP) is -5.84. The van der Waals surface area contributed by atoms with Gasteiger partial charge in [0.15, 0.2) is 0 Å². The van der Waals surface area contributed by atoms with E-state index in [1.165, 1.54) is 0 Å². The summed E-state index contributed by atoms with van der Waals surface area (Å²) >= 11 is 0. The van der Waals surface area contributed by atoms with Crippen LogP contribution < -0.4 is 68.6 Å². The van der Waals surface area contributed by atoms with Crippen LogP contribution in [0.4, 0.5) is 0 Å². The Balaban J connectivity index is 0.000000186. The van der Waals surface area contributed by atoms with Crippen molar-refractivity contribution in [1.82, 2.24) is 19.6 Å². The van der Waals surface area contributed by atoms with E-state index in [0.29, 0.717) is 76.2 Å². The number of morpholine rings is 2. The molecule has 6 fully saturated rings. The molecule has 0 bridgehead atoms. The van der Waals surface area contributed by atoms with Gasteiger partial charge in [0.1, 0.15) is 34.8 Å². The van der Waals surface area contributed by atoms with Crippen LogP contribution in [0.15, 0.2) is 24.3 Å². The third-order valence-corrected chi connectivity index (χ3v) is 14.4. The summed E-state index contributed by atoms with van der Waals surface area (Å²) in [7, 11) is 4.02. The second kappa shape index (κ2) is 19.4. The Kier molecular flexibility index (Phi) is 15.0. The number of nitrogens with zero attached hydrogens (tertiary/aromatic N) is 4. The fourth-order valence-corrected chi connectivity index (χ4v) is 10.7. The Morgan fingerprint density at radius 2 is 1.00 bits per heavy atom. The molecule has 0 radical (unpaired) electrons. The van der Waals surface area contributed by atoms with E-state index in [4.69, 9.17) is 18.9 Å². The van der Waals surface area contributed by atoms with Crippen molar-refractivity contribution < 1.29 is 128 Å². The van der Waals surface area contributed by atoms with Crippen LogP contribution in [0.5, 0.6) is 11.5 Å². The summed E-state index contributed by atoms with van der Waals surface area (Å²) in [4.78, 5) is 56.7. The number of carbonyl (C=O) groups is 4. The quantitative estimate of drug-likeness (QED) is 0.122. The van der Waals surface area contributed by atoms with E-state index in [9.17, 15) is 49.5 Å². The van der Waals surface area contributed by atoms with Crippen LogP contribution in [0, 0.1) is 0 Å². The molecular formula is C42H56B2N4Na2O14. The van der Waals surface area contributed by atoms with Gasteiger partial charge in [0.2, 0.25) is 24.9 Å². The topological polar surface area (TPSA) is 240 Å². The standard InChI is InChI=1S/2C21H28BN2O7.2Na/c2*1-23-4-5-30-12(9-23)6-19(25)24-10-13(11-24)31-18-3-2-14-15-7-17(15)22(28,29)8-16(14)20(18)21(26)27;;/h2*2-3,12-13,15,17,28-29H,4-11H2,1H3,(H,26,27);;/q2*-1;2*+1/t2*12-,15+,17+;;/m11../s1. The van der Waals surface area contributed by atoms with Crippen LogP contribution in [0.25, 0.3) is 0 Å². The van der Waals surface area contributed by atoms with E-state index in [1.807, 2.05) is 26.2 Å². The van der Waals surface area contributed by atoms with Gasteiger partial charge in [0, 0.05) is 26.2 Å². The molecule has 6 atom stereocenters. The number of carboxylic acid groups (broad SMARTS) is 2. The molecule has 2 aromatic carbocycles. The summed E-state index contributed by atoms with van der Waals surface area (Å²) < 4.78 is 23.2. The molecule has 0 aromatic heterocycles. The normalized spacial score (nSPS) is 28.6. The molecular weight excluding hydrogens is 852 g/mol. The Morgan fingerprint density at radius 1 is 0.625 bits per heavy atom. The van der Waals surface area contributed by atoms with Gasteiger partial charge in [0.25, 0.3) is 0 Å². The minimum Gasteiger partial charge on any atom is -0.583 e. The van der Waals surface area contributed by atoms with Gasteiger partial charge in [0.05, 0.1) is 64.4 Å². The van der Waals surface area contributed by atoms with Crippen molar-refractivity contribution >= 4 is 36.9 Å². The Bertz CT molecular complexity index is 1990. The van der Waals surface area contributed by atoms with Crippen molar-refractivity contribution in [2.45, 2.75) is 86.2 Å². The number of benzene rings is 2. The number of hydrogen-bond donors (Lipinski definition) is 6. The molecule has 2 saturated carbocycles. The number of likely N-dealkylation sites (N-methyl/N-ethyl adjacent to an activating group) is 2. The summed E-state index contributed by atoms with van der Waals surface area (Å²) in [5.41, 5.74) is 2.75. The summed E-state index contributed by atoms with van der Waals surface area (Å²) in [6.45, 7) is 0.885. The zero-order valence-corrected chi connectivity index (χ0v) is 41.1. The SMILES string of the molecule is CN1CCO[C@H](CC(=O)N2CC(Oc3ccc4c(c3C(=O)O)C[B-](O)(O)[C@H]3C[C@@H]43)C2)C1.CN1CCO[C@H](CC(=O)N2CC(Oc3ccc4c(c3C(=O)O)C[B-](O)(O)[C@H]3C[C@@H]43)C2)C1.[Na+].[Na+].